The first-order chi connectivity index (χ1) is 7.40. The molecular weight excluding hydrogens is 260 g/mol. The normalized spacial score (nSPS) is 9.56. The maximum atomic E-state index is 13.0. The average molecular weight is 272 g/mol. The van der Waals surface area contributed by atoms with Gasteiger partial charge in [0.05, 0.1) is 13.0 Å². The summed E-state index contributed by atoms with van der Waals surface area (Å²) in [5, 5.41) is 0. The van der Waals surface area contributed by atoms with E-state index in [-0.39, 0.29) is 19.6 Å². The maximum absolute atomic E-state index is 13.0. The molecule has 16 heavy (non-hydrogen) atoms. The first kappa shape index (κ1) is 15.2. The molecule has 0 atom stereocenters. The minimum Gasteiger partial charge on any atom is -0.466 e. The number of hydrogen-bond donors (Lipinski definition) is 0. The molecule has 0 aliphatic rings. The Bertz CT molecular complexity index is 303. The third-order valence-electron chi connectivity index (χ3n) is 1.66. The van der Waals surface area contributed by atoms with Crippen molar-refractivity contribution in [3.63, 3.8) is 0 Å². The molecule has 0 saturated carbocycles. The minimum atomic E-state index is -1.24. The zero-order chi connectivity index (χ0) is 12.7. The van der Waals surface area contributed by atoms with E-state index in [0.717, 1.165) is 4.90 Å². The van der Waals surface area contributed by atoms with Gasteiger partial charge in [-0.2, -0.15) is 4.39 Å². The summed E-state index contributed by atoms with van der Waals surface area (Å²) in [6.45, 7) is 1.97. The van der Waals surface area contributed by atoms with Crippen molar-refractivity contribution >= 4 is 35.1 Å². The van der Waals surface area contributed by atoms with E-state index in [4.69, 9.17) is 23.2 Å². The fraction of sp³-hybridized carbons (Fsp3) is 0.556. The SMILES string of the molecule is CCOC(=O)CCN(C)C(=O)C(F)=C(Cl)Cl. The Hall–Kier alpha value is -0.810. The Balaban J connectivity index is 4.18. The van der Waals surface area contributed by atoms with Crippen molar-refractivity contribution in [2.24, 2.45) is 0 Å². The lowest BCUT2D eigenvalue weighted by atomic mass is 10.4. The van der Waals surface area contributed by atoms with Crippen molar-refractivity contribution in [1.29, 1.82) is 0 Å². The lowest BCUT2D eigenvalue weighted by Gasteiger charge is -2.15. The number of carbonyl (C=O) groups is 2. The number of esters is 1. The van der Waals surface area contributed by atoms with Gasteiger partial charge in [0.15, 0.2) is 0 Å². The highest BCUT2D eigenvalue weighted by Crippen LogP contribution is 2.17. The molecule has 0 aromatic carbocycles. The van der Waals surface area contributed by atoms with Crippen LogP contribution in [0.15, 0.2) is 10.3 Å². The highest BCUT2D eigenvalue weighted by molar-refractivity contribution is 6.57. The van der Waals surface area contributed by atoms with Gasteiger partial charge in [-0.15, -0.1) is 0 Å². The van der Waals surface area contributed by atoms with Crippen LogP contribution in [0.1, 0.15) is 13.3 Å². The predicted molar refractivity (Wildman–Crippen MR) is 58.7 cm³/mol. The van der Waals surface area contributed by atoms with Gasteiger partial charge < -0.3 is 9.64 Å². The number of carbonyl (C=O) groups excluding carboxylic acids is 2. The molecule has 0 aromatic heterocycles. The van der Waals surface area contributed by atoms with Gasteiger partial charge in [0.2, 0.25) is 5.83 Å². The maximum Gasteiger partial charge on any atom is 0.307 e. The molecule has 0 heterocycles. The van der Waals surface area contributed by atoms with Crippen LogP contribution in [0.25, 0.3) is 0 Å². The van der Waals surface area contributed by atoms with Gasteiger partial charge in [0.25, 0.3) is 5.91 Å². The standard InChI is InChI=1S/C9H12Cl2FNO3/c1-3-16-6(14)4-5-13(2)9(15)7(12)8(10)11/h3-5H2,1-2H3. The van der Waals surface area contributed by atoms with Crippen LogP contribution in [0.2, 0.25) is 0 Å². The van der Waals surface area contributed by atoms with Crippen molar-refractivity contribution < 1.29 is 18.7 Å². The monoisotopic (exact) mass is 271 g/mol. The number of nitrogens with zero attached hydrogens (tertiary/aromatic N) is 1. The van der Waals surface area contributed by atoms with Crippen molar-refractivity contribution in [2.75, 3.05) is 20.2 Å². The van der Waals surface area contributed by atoms with E-state index >= 15 is 0 Å². The topological polar surface area (TPSA) is 46.6 Å². The first-order valence-electron chi connectivity index (χ1n) is 4.52. The molecule has 0 bridgehead atoms. The molecule has 4 nitrogen and oxygen atoms in total. The molecule has 0 aliphatic heterocycles. The van der Waals surface area contributed by atoms with E-state index in [1.165, 1.54) is 7.05 Å². The Morgan fingerprint density at radius 2 is 1.94 bits per heavy atom. The summed E-state index contributed by atoms with van der Waals surface area (Å²) in [4.78, 5) is 23.2. The smallest absolute Gasteiger partial charge is 0.307 e. The van der Waals surface area contributed by atoms with Crippen LogP contribution in [-0.2, 0) is 14.3 Å². The summed E-state index contributed by atoms with van der Waals surface area (Å²) < 4.78 is 16.9. The Kier molecular flexibility index (Phi) is 7.08. The molecule has 92 valence electrons. The fourth-order valence-electron chi connectivity index (χ4n) is 0.842. The van der Waals surface area contributed by atoms with E-state index in [1.807, 2.05) is 0 Å². The van der Waals surface area contributed by atoms with Gasteiger partial charge in [-0.3, -0.25) is 9.59 Å². The molecule has 7 heteroatoms. The third kappa shape index (κ3) is 5.32. The summed E-state index contributed by atoms with van der Waals surface area (Å²) in [7, 11) is 1.33. The van der Waals surface area contributed by atoms with E-state index < -0.39 is 22.2 Å². The number of rotatable bonds is 5. The van der Waals surface area contributed by atoms with Crippen LogP contribution in [0.5, 0.6) is 0 Å². The molecule has 0 rings (SSSR count). The van der Waals surface area contributed by atoms with Gasteiger partial charge in [0, 0.05) is 13.6 Å². The fourth-order valence-corrected chi connectivity index (χ4v) is 1.00. The van der Waals surface area contributed by atoms with Gasteiger partial charge in [-0.25, -0.2) is 0 Å². The van der Waals surface area contributed by atoms with Crippen molar-refractivity contribution in [3.05, 3.63) is 10.3 Å². The number of likely N-dealkylation sites (N-methyl/N-ethyl adjacent to an activating group) is 1. The largest absolute Gasteiger partial charge is 0.466 e. The Labute approximate surface area is 103 Å². The molecule has 0 N–H and O–H groups in total. The van der Waals surface area contributed by atoms with E-state index in [9.17, 15) is 14.0 Å². The van der Waals surface area contributed by atoms with E-state index in [0.29, 0.717) is 0 Å². The molecule has 0 unspecified atom stereocenters. The van der Waals surface area contributed by atoms with Crippen LogP contribution in [-0.4, -0.2) is 37.0 Å². The summed E-state index contributed by atoms with van der Waals surface area (Å²) in [6, 6.07) is 0. The molecule has 0 aromatic rings. The van der Waals surface area contributed by atoms with Crippen LogP contribution in [0, 0.1) is 0 Å². The van der Waals surface area contributed by atoms with Crippen molar-refractivity contribution in [2.45, 2.75) is 13.3 Å². The second kappa shape index (κ2) is 7.46. The number of halogens is 3. The Morgan fingerprint density at radius 3 is 2.38 bits per heavy atom. The molecule has 0 spiro atoms. The van der Waals surface area contributed by atoms with Gasteiger partial charge >= 0.3 is 5.97 Å². The average Bonchev–Trinajstić information content (AvgIpc) is 2.24. The molecule has 0 aliphatic carbocycles. The second-order valence-electron chi connectivity index (χ2n) is 2.86. The third-order valence-corrected chi connectivity index (χ3v) is 1.99. The zero-order valence-corrected chi connectivity index (χ0v) is 10.4. The van der Waals surface area contributed by atoms with Crippen LogP contribution >= 0.6 is 23.2 Å². The van der Waals surface area contributed by atoms with Crippen LogP contribution in [0.3, 0.4) is 0 Å². The molecule has 0 radical (unpaired) electrons. The quantitative estimate of drug-likeness (QED) is 0.568. The Morgan fingerprint density at radius 1 is 1.38 bits per heavy atom. The lowest BCUT2D eigenvalue weighted by Crippen LogP contribution is -2.29. The van der Waals surface area contributed by atoms with Crippen LogP contribution < -0.4 is 0 Å². The van der Waals surface area contributed by atoms with Gasteiger partial charge in [-0.1, -0.05) is 23.2 Å². The highest BCUT2D eigenvalue weighted by Gasteiger charge is 2.18. The molecular formula is C9H12Cl2FNO3. The van der Waals surface area contributed by atoms with Crippen molar-refractivity contribution in [1.82, 2.24) is 4.90 Å². The number of hydrogen-bond acceptors (Lipinski definition) is 3. The van der Waals surface area contributed by atoms with Gasteiger partial charge in [0.1, 0.15) is 4.49 Å². The lowest BCUT2D eigenvalue weighted by molar-refractivity contribution is -0.143. The molecule has 1 amide bonds. The minimum absolute atomic E-state index is 0.0107. The van der Waals surface area contributed by atoms with Crippen LogP contribution in [0.4, 0.5) is 4.39 Å². The van der Waals surface area contributed by atoms with Crippen molar-refractivity contribution in [3.8, 4) is 0 Å². The first-order valence-corrected chi connectivity index (χ1v) is 5.27. The van der Waals surface area contributed by atoms with E-state index in [2.05, 4.69) is 4.74 Å². The van der Waals surface area contributed by atoms with E-state index in [1.54, 1.807) is 6.92 Å². The number of amides is 1. The predicted octanol–water partition coefficient (Wildman–Crippen LogP) is 2.01. The zero-order valence-electron chi connectivity index (χ0n) is 8.93. The number of ether oxygens (including phenoxy) is 1. The summed E-state index contributed by atoms with van der Waals surface area (Å²) in [6.07, 6.45) is -0.0107. The summed E-state index contributed by atoms with van der Waals surface area (Å²) in [5.74, 6) is -2.66. The van der Waals surface area contributed by atoms with Gasteiger partial charge in [-0.05, 0) is 6.92 Å². The second-order valence-corrected chi connectivity index (χ2v) is 3.81. The summed E-state index contributed by atoms with van der Waals surface area (Å²) >= 11 is 10.2. The molecule has 0 saturated heterocycles. The highest BCUT2D eigenvalue weighted by atomic mass is 35.5. The summed E-state index contributed by atoms with van der Waals surface area (Å²) in [5.41, 5.74) is 0. The molecule has 0 fully saturated rings.